The maximum Gasteiger partial charge on any atom is 0.00388 e. The highest BCUT2D eigenvalue weighted by molar-refractivity contribution is 5.47. The fourth-order valence-electron chi connectivity index (χ4n) is 2.09. The molecule has 0 bridgehead atoms. The molecule has 1 N–H and O–H groups in total. The number of hydrogen-bond acceptors (Lipinski definition) is 1. The minimum atomic E-state index is 0.643. The molecule has 0 spiro atoms. The molecule has 0 radical (unpaired) electrons. The van der Waals surface area contributed by atoms with Crippen LogP contribution in [-0.2, 0) is 6.42 Å². The van der Waals surface area contributed by atoms with Crippen LogP contribution in [0.5, 0.6) is 0 Å². The molecular formula is C17H27N. The maximum atomic E-state index is 3.77. The molecule has 1 aromatic carbocycles. The molecule has 1 unspecified atom stereocenters. The summed E-state index contributed by atoms with van der Waals surface area (Å²) in [5.41, 5.74) is 2.59. The van der Waals surface area contributed by atoms with E-state index >= 15 is 0 Å². The standard InChI is InChI=1S/C17H27N/c1-4-6-7-8-15(3)18-14-13-17-11-9-16(5-2)10-12-17/h5,9-12,15,18H,2,4,6-8,13-14H2,1,3H3. The number of benzene rings is 1. The first kappa shape index (κ1) is 15.0. The van der Waals surface area contributed by atoms with Gasteiger partial charge in [0, 0.05) is 6.04 Å². The SMILES string of the molecule is C=Cc1ccc(CCNC(C)CCCCC)cc1. The van der Waals surface area contributed by atoms with Gasteiger partial charge in [-0.15, -0.1) is 0 Å². The summed E-state index contributed by atoms with van der Waals surface area (Å²) >= 11 is 0. The van der Waals surface area contributed by atoms with Gasteiger partial charge in [0.15, 0.2) is 0 Å². The predicted octanol–water partition coefficient (Wildman–Crippen LogP) is 4.43. The van der Waals surface area contributed by atoms with Crippen molar-refractivity contribution < 1.29 is 0 Å². The van der Waals surface area contributed by atoms with Crippen molar-refractivity contribution in [1.82, 2.24) is 5.32 Å². The summed E-state index contributed by atoms with van der Waals surface area (Å²) in [4.78, 5) is 0. The lowest BCUT2D eigenvalue weighted by atomic mass is 10.1. The molecule has 0 heterocycles. The van der Waals surface area contributed by atoms with Gasteiger partial charge in [-0.2, -0.15) is 0 Å². The second-order valence-corrected chi connectivity index (χ2v) is 5.05. The Morgan fingerprint density at radius 2 is 1.94 bits per heavy atom. The first-order valence-electron chi connectivity index (χ1n) is 7.21. The normalized spacial score (nSPS) is 12.3. The van der Waals surface area contributed by atoms with E-state index in [1.165, 1.54) is 36.8 Å². The van der Waals surface area contributed by atoms with Gasteiger partial charge in [-0.25, -0.2) is 0 Å². The molecule has 100 valence electrons. The molecule has 1 heteroatoms. The van der Waals surface area contributed by atoms with Crippen molar-refractivity contribution in [3.05, 3.63) is 42.0 Å². The average Bonchev–Trinajstić information content (AvgIpc) is 2.40. The van der Waals surface area contributed by atoms with Crippen molar-refractivity contribution in [3.8, 4) is 0 Å². The zero-order valence-corrected chi connectivity index (χ0v) is 11.9. The lowest BCUT2D eigenvalue weighted by Crippen LogP contribution is -2.27. The van der Waals surface area contributed by atoms with Gasteiger partial charge in [0.1, 0.15) is 0 Å². The zero-order chi connectivity index (χ0) is 13.2. The van der Waals surface area contributed by atoms with Crippen molar-refractivity contribution in [2.24, 2.45) is 0 Å². The van der Waals surface area contributed by atoms with Crippen LogP contribution in [0.4, 0.5) is 0 Å². The number of unbranched alkanes of at least 4 members (excludes halogenated alkanes) is 2. The second-order valence-electron chi connectivity index (χ2n) is 5.05. The highest BCUT2D eigenvalue weighted by Gasteiger charge is 2.00. The zero-order valence-electron chi connectivity index (χ0n) is 11.9. The van der Waals surface area contributed by atoms with Crippen LogP contribution in [0.2, 0.25) is 0 Å². The van der Waals surface area contributed by atoms with Gasteiger partial charge in [0.05, 0.1) is 0 Å². The Morgan fingerprint density at radius 3 is 2.56 bits per heavy atom. The highest BCUT2D eigenvalue weighted by Crippen LogP contribution is 2.06. The molecule has 0 saturated carbocycles. The summed E-state index contributed by atoms with van der Waals surface area (Å²) in [6.07, 6.45) is 8.30. The summed E-state index contributed by atoms with van der Waals surface area (Å²) < 4.78 is 0. The van der Waals surface area contributed by atoms with E-state index < -0.39 is 0 Å². The largest absolute Gasteiger partial charge is 0.314 e. The van der Waals surface area contributed by atoms with Gasteiger partial charge in [-0.3, -0.25) is 0 Å². The van der Waals surface area contributed by atoms with Crippen LogP contribution in [0, 0.1) is 0 Å². The monoisotopic (exact) mass is 245 g/mol. The van der Waals surface area contributed by atoms with Crippen LogP contribution in [-0.4, -0.2) is 12.6 Å². The van der Waals surface area contributed by atoms with E-state index in [-0.39, 0.29) is 0 Å². The molecule has 18 heavy (non-hydrogen) atoms. The Hall–Kier alpha value is -1.08. The van der Waals surface area contributed by atoms with Gasteiger partial charge in [0.25, 0.3) is 0 Å². The van der Waals surface area contributed by atoms with Crippen molar-refractivity contribution >= 4 is 6.08 Å². The van der Waals surface area contributed by atoms with E-state index in [0.29, 0.717) is 6.04 Å². The summed E-state index contributed by atoms with van der Waals surface area (Å²) in [7, 11) is 0. The summed E-state index contributed by atoms with van der Waals surface area (Å²) in [5.74, 6) is 0. The highest BCUT2D eigenvalue weighted by atomic mass is 14.9. The van der Waals surface area contributed by atoms with Crippen molar-refractivity contribution in [2.45, 2.75) is 52.0 Å². The molecular weight excluding hydrogens is 218 g/mol. The maximum absolute atomic E-state index is 3.77. The minimum Gasteiger partial charge on any atom is -0.314 e. The van der Waals surface area contributed by atoms with E-state index in [4.69, 9.17) is 0 Å². The van der Waals surface area contributed by atoms with Gasteiger partial charge >= 0.3 is 0 Å². The quantitative estimate of drug-likeness (QED) is 0.635. The number of hydrogen-bond donors (Lipinski definition) is 1. The van der Waals surface area contributed by atoms with Crippen LogP contribution in [0.1, 0.15) is 50.7 Å². The lowest BCUT2D eigenvalue weighted by Gasteiger charge is -2.13. The molecule has 0 fully saturated rings. The van der Waals surface area contributed by atoms with E-state index in [1.807, 2.05) is 6.08 Å². The van der Waals surface area contributed by atoms with E-state index in [9.17, 15) is 0 Å². The smallest absolute Gasteiger partial charge is 0.00388 e. The number of nitrogens with one attached hydrogen (secondary N) is 1. The molecule has 1 atom stereocenters. The van der Waals surface area contributed by atoms with Crippen LogP contribution < -0.4 is 5.32 Å². The molecule has 1 nitrogen and oxygen atoms in total. The second kappa shape index (κ2) is 8.93. The summed E-state index contributed by atoms with van der Waals surface area (Å²) in [6, 6.07) is 9.30. The fraction of sp³-hybridized carbons (Fsp3) is 0.529. The Morgan fingerprint density at radius 1 is 1.22 bits per heavy atom. The molecule has 0 saturated heterocycles. The van der Waals surface area contributed by atoms with Crippen molar-refractivity contribution in [3.63, 3.8) is 0 Å². The van der Waals surface area contributed by atoms with Crippen LogP contribution in [0.3, 0.4) is 0 Å². The molecule has 0 aliphatic heterocycles. The van der Waals surface area contributed by atoms with Crippen LogP contribution >= 0.6 is 0 Å². The summed E-state index contributed by atoms with van der Waals surface area (Å²) in [5, 5.41) is 3.60. The van der Waals surface area contributed by atoms with Gasteiger partial charge in [-0.1, -0.05) is 63.1 Å². The third-order valence-electron chi connectivity index (χ3n) is 3.36. The van der Waals surface area contributed by atoms with E-state index in [1.54, 1.807) is 0 Å². The first-order valence-corrected chi connectivity index (χ1v) is 7.21. The van der Waals surface area contributed by atoms with Gasteiger partial charge < -0.3 is 5.32 Å². The number of rotatable bonds is 9. The van der Waals surface area contributed by atoms with Crippen LogP contribution in [0.25, 0.3) is 6.08 Å². The van der Waals surface area contributed by atoms with E-state index in [2.05, 4.69) is 50.0 Å². The topological polar surface area (TPSA) is 12.0 Å². The molecule has 0 aliphatic rings. The van der Waals surface area contributed by atoms with Crippen molar-refractivity contribution in [2.75, 3.05) is 6.54 Å². The minimum absolute atomic E-state index is 0.643. The predicted molar refractivity (Wildman–Crippen MR) is 81.8 cm³/mol. The molecule has 0 aromatic heterocycles. The fourth-order valence-corrected chi connectivity index (χ4v) is 2.09. The van der Waals surface area contributed by atoms with Gasteiger partial charge in [-0.05, 0) is 37.4 Å². The Bertz CT molecular complexity index is 326. The Labute approximate surface area is 112 Å². The van der Waals surface area contributed by atoms with E-state index in [0.717, 1.165) is 13.0 Å². The Kier molecular flexibility index (Phi) is 7.43. The van der Waals surface area contributed by atoms with Crippen LogP contribution in [0.15, 0.2) is 30.8 Å². The lowest BCUT2D eigenvalue weighted by molar-refractivity contribution is 0.490. The molecule has 0 aliphatic carbocycles. The molecule has 1 aromatic rings. The van der Waals surface area contributed by atoms with Gasteiger partial charge in [0.2, 0.25) is 0 Å². The average molecular weight is 245 g/mol. The third kappa shape index (κ3) is 6.02. The summed E-state index contributed by atoms with van der Waals surface area (Å²) in [6.45, 7) is 9.38. The third-order valence-corrected chi connectivity index (χ3v) is 3.36. The first-order chi connectivity index (χ1) is 8.76. The molecule has 1 rings (SSSR count). The Balaban J connectivity index is 2.18. The molecule has 0 amide bonds. The van der Waals surface area contributed by atoms with Crippen molar-refractivity contribution in [1.29, 1.82) is 0 Å².